The molecule has 6 rings (SSSR count). The van der Waals surface area contributed by atoms with Gasteiger partial charge in [-0.15, -0.1) is 0 Å². The molecule has 0 spiro atoms. The zero-order valence-corrected chi connectivity index (χ0v) is 25.5. The van der Waals surface area contributed by atoms with E-state index < -0.39 is 36.1 Å². The van der Waals surface area contributed by atoms with Crippen LogP contribution in [0.4, 0.5) is 5.69 Å². The molecule has 0 N–H and O–H groups in total. The van der Waals surface area contributed by atoms with Gasteiger partial charge < -0.3 is 14.2 Å². The molecule has 0 saturated carbocycles. The average molecular weight is 646 g/mol. The summed E-state index contributed by atoms with van der Waals surface area (Å²) in [7, 11) is 0. The Morgan fingerprint density at radius 3 is 1.94 bits per heavy atom. The summed E-state index contributed by atoms with van der Waals surface area (Å²) in [5, 5.41) is 0.525. The smallest absolute Gasteiger partial charge is 0.343 e. The molecular formula is C37H24ClNO8. The summed E-state index contributed by atoms with van der Waals surface area (Å²) < 4.78 is 16.4. The molecule has 1 heterocycles. The van der Waals surface area contributed by atoms with E-state index >= 15 is 0 Å². The Morgan fingerprint density at radius 2 is 1.26 bits per heavy atom. The maximum absolute atomic E-state index is 13.4. The summed E-state index contributed by atoms with van der Waals surface area (Å²) in [6.45, 7) is 1.38. The lowest BCUT2D eigenvalue weighted by Gasteiger charge is -2.14. The molecule has 5 aromatic carbocycles. The van der Waals surface area contributed by atoms with Crippen LogP contribution in [0.25, 0.3) is 0 Å². The summed E-state index contributed by atoms with van der Waals surface area (Å²) in [4.78, 5) is 65.3. The summed E-state index contributed by atoms with van der Waals surface area (Å²) in [6.07, 6.45) is 0. The Balaban J connectivity index is 1.06. The van der Waals surface area contributed by atoms with Crippen LogP contribution in [0.15, 0.2) is 115 Å². The highest BCUT2D eigenvalue weighted by Crippen LogP contribution is 2.36. The fourth-order valence-corrected chi connectivity index (χ4v) is 4.94. The lowest BCUT2D eigenvalue weighted by molar-refractivity contribution is 0.0474. The number of ketones is 1. The second-order valence-electron chi connectivity index (χ2n) is 10.5. The van der Waals surface area contributed by atoms with Crippen molar-refractivity contribution in [2.75, 3.05) is 11.5 Å². The van der Waals surface area contributed by atoms with Gasteiger partial charge in [0.25, 0.3) is 11.8 Å². The van der Waals surface area contributed by atoms with E-state index in [4.69, 9.17) is 25.8 Å². The highest BCUT2D eigenvalue weighted by atomic mass is 35.5. The van der Waals surface area contributed by atoms with Crippen LogP contribution in [0.1, 0.15) is 57.4 Å². The van der Waals surface area contributed by atoms with Gasteiger partial charge in [0.15, 0.2) is 12.4 Å². The molecule has 0 atom stereocenters. The number of halogens is 1. The minimum absolute atomic E-state index is 0.114. The van der Waals surface area contributed by atoms with Crippen molar-refractivity contribution in [3.63, 3.8) is 0 Å². The number of amides is 2. The second kappa shape index (κ2) is 13.1. The van der Waals surface area contributed by atoms with E-state index in [2.05, 4.69) is 0 Å². The standard InChI is InChI=1S/C37H24ClNO8/c1-22-5-7-25(8-6-22)37(44)47-29-17-11-23(12-18-29)31(40)21-45-36(43)24-9-15-27(16-10-24)39-34(41)30-3-2-4-32(33(30)35(39)42)46-28-19-13-26(38)14-20-28/h2-20H,21H2,1H3. The number of rotatable bonds is 9. The molecule has 1 aliphatic rings. The Bertz CT molecular complexity index is 2020. The fourth-order valence-electron chi connectivity index (χ4n) is 4.81. The quantitative estimate of drug-likeness (QED) is 0.0700. The van der Waals surface area contributed by atoms with Crippen LogP contribution < -0.4 is 14.4 Å². The first-order valence-electron chi connectivity index (χ1n) is 14.3. The van der Waals surface area contributed by atoms with Crippen LogP contribution in [0.3, 0.4) is 0 Å². The van der Waals surface area contributed by atoms with Crippen molar-refractivity contribution in [1.29, 1.82) is 0 Å². The minimum Gasteiger partial charge on any atom is -0.457 e. The number of carbonyl (C=O) groups is 5. The molecule has 0 fully saturated rings. The monoisotopic (exact) mass is 645 g/mol. The molecule has 0 unspecified atom stereocenters. The predicted octanol–water partition coefficient (Wildman–Crippen LogP) is 7.50. The number of Topliss-reactive ketones (excluding diaryl/α,β-unsaturated/α-hetero) is 1. The lowest BCUT2D eigenvalue weighted by atomic mass is 10.1. The third kappa shape index (κ3) is 6.66. The first kappa shape index (κ1) is 30.9. The van der Waals surface area contributed by atoms with Crippen molar-refractivity contribution in [2.24, 2.45) is 0 Å². The number of hydrogen-bond acceptors (Lipinski definition) is 8. The molecule has 0 aromatic heterocycles. The van der Waals surface area contributed by atoms with Crippen LogP contribution in [0, 0.1) is 6.92 Å². The highest BCUT2D eigenvalue weighted by molar-refractivity contribution is 6.35. The van der Waals surface area contributed by atoms with Crippen molar-refractivity contribution < 1.29 is 38.2 Å². The van der Waals surface area contributed by atoms with Crippen LogP contribution in [-0.4, -0.2) is 36.1 Å². The lowest BCUT2D eigenvalue weighted by Crippen LogP contribution is -2.29. The zero-order chi connectivity index (χ0) is 33.1. The SMILES string of the molecule is Cc1ccc(C(=O)Oc2ccc(C(=O)COC(=O)c3ccc(N4C(=O)c5cccc(Oc6ccc(Cl)cc6)c5C4=O)cc3)cc2)cc1. The normalized spacial score (nSPS) is 12.0. The zero-order valence-electron chi connectivity index (χ0n) is 24.8. The van der Waals surface area contributed by atoms with E-state index in [1.54, 1.807) is 66.7 Å². The fraction of sp³-hybridized carbons (Fsp3) is 0.0541. The maximum atomic E-state index is 13.4. The van der Waals surface area contributed by atoms with Gasteiger partial charge in [-0.2, -0.15) is 0 Å². The molecule has 232 valence electrons. The van der Waals surface area contributed by atoms with Gasteiger partial charge in [-0.1, -0.05) is 35.4 Å². The number of esters is 2. The van der Waals surface area contributed by atoms with Gasteiger partial charge in [-0.05, 0) is 104 Å². The number of benzene rings is 5. The third-order valence-corrected chi connectivity index (χ3v) is 7.54. The molecular weight excluding hydrogens is 622 g/mol. The first-order valence-corrected chi connectivity index (χ1v) is 14.7. The maximum Gasteiger partial charge on any atom is 0.343 e. The van der Waals surface area contributed by atoms with E-state index in [0.29, 0.717) is 16.3 Å². The molecule has 0 bridgehead atoms. The van der Waals surface area contributed by atoms with Crippen LogP contribution in [0.2, 0.25) is 5.02 Å². The second-order valence-corrected chi connectivity index (χ2v) is 10.9. The first-order chi connectivity index (χ1) is 22.7. The summed E-state index contributed by atoms with van der Waals surface area (Å²) in [5.41, 5.74) is 2.32. The van der Waals surface area contributed by atoms with Crippen LogP contribution >= 0.6 is 11.6 Å². The van der Waals surface area contributed by atoms with Crippen molar-refractivity contribution in [1.82, 2.24) is 0 Å². The van der Waals surface area contributed by atoms with Gasteiger partial charge in [0.05, 0.1) is 27.9 Å². The van der Waals surface area contributed by atoms with Crippen molar-refractivity contribution in [3.8, 4) is 17.2 Å². The van der Waals surface area contributed by atoms with E-state index in [1.807, 2.05) is 6.92 Å². The van der Waals surface area contributed by atoms with Crippen molar-refractivity contribution in [3.05, 3.63) is 154 Å². The summed E-state index contributed by atoms with van der Waals surface area (Å²) in [6, 6.07) is 29.8. The van der Waals surface area contributed by atoms with Gasteiger partial charge >= 0.3 is 11.9 Å². The van der Waals surface area contributed by atoms with Crippen LogP contribution in [0.5, 0.6) is 17.2 Å². The van der Waals surface area contributed by atoms with Gasteiger partial charge in [-0.25, -0.2) is 14.5 Å². The van der Waals surface area contributed by atoms with E-state index in [-0.39, 0.29) is 39.4 Å². The minimum atomic E-state index is -0.769. The van der Waals surface area contributed by atoms with Crippen molar-refractivity contribution in [2.45, 2.75) is 6.92 Å². The number of carbonyl (C=O) groups excluding carboxylic acids is 5. The van der Waals surface area contributed by atoms with Crippen molar-refractivity contribution >= 4 is 46.8 Å². The molecule has 0 aliphatic carbocycles. The van der Waals surface area contributed by atoms with Gasteiger partial charge in [0, 0.05) is 10.6 Å². The molecule has 0 saturated heterocycles. The Morgan fingerprint density at radius 1 is 0.660 bits per heavy atom. The summed E-state index contributed by atoms with van der Waals surface area (Å²) >= 11 is 5.94. The van der Waals surface area contributed by atoms with Crippen LogP contribution in [-0.2, 0) is 4.74 Å². The Kier molecular flexibility index (Phi) is 8.64. The van der Waals surface area contributed by atoms with Gasteiger partial charge in [0.1, 0.15) is 17.2 Å². The summed E-state index contributed by atoms with van der Waals surface area (Å²) in [5.74, 6) is -1.96. The molecule has 0 radical (unpaired) electrons. The number of anilines is 1. The largest absolute Gasteiger partial charge is 0.457 e. The molecule has 47 heavy (non-hydrogen) atoms. The number of hydrogen-bond donors (Lipinski definition) is 0. The van der Waals surface area contributed by atoms with Gasteiger partial charge in [0.2, 0.25) is 0 Å². The number of fused-ring (bicyclic) bond motifs is 1. The van der Waals surface area contributed by atoms with E-state index in [1.165, 1.54) is 48.5 Å². The number of nitrogens with zero attached hydrogens (tertiary/aromatic N) is 1. The number of imide groups is 1. The average Bonchev–Trinajstić information content (AvgIpc) is 3.34. The predicted molar refractivity (Wildman–Crippen MR) is 173 cm³/mol. The Hall–Kier alpha value is -6.06. The third-order valence-electron chi connectivity index (χ3n) is 7.29. The molecule has 9 nitrogen and oxygen atoms in total. The van der Waals surface area contributed by atoms with E-state index in [0.717, 1.165) is 10.5 Å². The topological polar surface area (TPSA) is 116 Å². The Labute approximate surface area is 273 Å². The molecule has 1 aliphatic heterocycles. The van der Waals surface area contributed by atoms with E-state index in [9.17, 15) is 24.0 Å². The van der Waals surface area contributed by atoms with Gasteiger partial charge in [-0.3, -0.25) is 14.4 Å². The molecule has 5 aromatic rings. The molecule has 10 heteroatoms. The number of aryl methyl sites for hydroxylation is 1. The molecule has 2 amide bonds. The number of ether oxygens (including phenoxy) is 3. The highest BCUT2D eigenvalue weighted by Gasteiger charge is 2.39.